The van der Waals surface area contributed by atoms with E-state index in [0.29, 0.717) is 0 Å². The number of likely N-dealkylation sites (N-methyl/N-ethyl adjacent to an activating group) is 1. The molecule has 108 valence electrons. The van der Waals surface area contributed by atoms with Crippen molar-refractivity contribution in [2.24, 2.45) is 0 Å². The van der Waals surface area contributed by atoms with Crippen LogP contribution in [0.4, 0.5) is 0 Å². The monoisotopic (exact) mass is 292 g/mol. The summed E-state index contributed by atoms with van der Waals surface area (Å²) in [6.07, 6.45) is 0. The Morgan fingerprint density at radius 2 is 1.90 bits per heavy atom. The van der Waals surface area contributed by atoms with Crippen molar-refractivity contribution < 1.29 is 0 Å². The second-order valence-corrected chi connectivity index (χ2v) is 6.30. The minimum absolute atomic E-state index is 0.0950. The van der Waals surface area contributed by atoms with Crippen molar-refractivity contribution in [2.75, 3.05) is 38.2 Å². The molecule has 3 rings (SSSR count). The summed E-state index contributed by atoms with van der Waals surface area (Å²) in [6, 6.07) is 6.42. The Hall–Kier alpha value is -1.26. The second kappa shape index (κ2) is 5.26. The number of aromatic nitrogens is 2. The van der Waals surface area contributed by atoms with Crippen LogP contribution in [0.15, 0.2) is 18.2 Å². The topological polar surface area (TPSA) is 24.3 Å². The first-order chi connectivity index (χ1) is 9.56. The van der Waals surface area contributed by atoms with Crippen molar-refractivity contribution in [3.05, 3.63) is 29.6 Å². The molecule has 1 aliphatic heterocycles. The van der Waals surface area contributed by atoms with Crippen LogP contribution in [0.2, 0.25) is 0 Å². The van der Waals surface area contributed by atoms with Crippen LogP contribution >= 0.6 is 11.6 Å². The van der Waals surface area contributed by atoms with Gasteiger partial charge in [-0.3, -0.25) is 0 Å². The third-order valence-electron chi connectivity index (χ3n) is 3.93. The molecule has 2 aromatic rings. The van der Waals surface area contributed by atoms with Gasteiger partial charge in [-0.2, -0.15) is 0 Å². The van der Waals surface area contributed by atoms with Crippen molar-refractivity contribution in [2.45, 2.75) is 19.2 Å². The van der Waals surface area contributed by atoms with Gasteiger partial charge in [0, 0.05) is 26.2 Å². The zero-order valence-electron chi connectivity index (χ0n) is 12.3. The van der Waals surface area contributed by atoms with E-state index in [9.17, 15) is 0 Å². The molecule has 1 aromatic carbocycles. The molecule has 2 heterocycles. The van der Waals surface area contributed by atoms with Gasteiger partial charge in [-0.15, -0.1) is 11.6 Å². The average Bonchev–Trinajstić information content (AvgIpc) is 2.78. The van der Waals surface area contributed by atoms with Gasteiger partial charge in [0.1, 0.15) is 5.82 Å². The first-order valence-corrected chi connectivity index (χ1v) is 7.57. The Bertz CT molecular complexity index is 612. The summed E-state index contributed by atoms with van der Waals surface area (Å²) < 4.78 is 2.22. The average molecular weight is 293 g/mol. The van der Waals surface area contributed by atoms with Crippen LogP contribution in [0.5, 0.6) is 0 Å². The fourth-order valence-corrected chi connectivity index (χ4v) is 2.89. The van der Waals surface area contributed by atoms with Crippen molar-refractivity contribution >= 4 is 22.6 Å². The summed E-state index contributed by atoms with van der Waals surface area (Å²) in [4.78, 5) is 7.09. The summed E-state index contributed by atoms with van der Waals surface area (Å²) in [6.45, 7) is 8.24. The molecule has 4 nitrogen and oxygen atoms in total. The van der Waals surface area contributed by atoms with E-state index in [1.54, 1.807) is 0 Å². The summed E-state index contributed by atoms with van der Waals surface area (Å²) >= 11 is 6.35. The Kier molecular flexibility index (Phi) is 3.61. The molecule has 1 saturated heterocycles. The lowest BCUT2D eigenvalue weighted by atomic mass is 10.2. The normalized spacial score (nSPS) is 18.7. The predicted molar refractivity (Wildman–Crippen MR) is 84.2 cm³/mol. The van der Waals surface area contributed by atoms with E-state index in [0.717, 1.165) is 43.0 Å². The summed E-state index contributed by atoms with van der Waals surface area (Å²) in [5, 5.41) is 2.26. The highest BCUT2D eigenvalue weighted by Gasteiger charge is 2.22. The summed E-state index contributed by atoms with van der Waals surface area (Å²) in [7, 11) is 2.16. The molecule has 1 fully saturated rings. The molecule has 1 unspecified atom stereocenters. The number of halogens is 1. The molecule has 0 aliphatic carbocycles. The predicted octanol–water partition coefficient (Wildman–Crippen LogP) is 2.53. The first kappa shape index (κ1) is 13.7. The van der Waals surface area contributed by atoms with E-state index in [-0.39, 0.29) is 5.38 Å². The maximum atomic E-state index is 6.35. The van der Waals surface area contributed by atoms with Crippen LogP contribution in [-0.2, 0) is 0 Å². The quantitative estimate of drug-likeness (QED) is 0.795. The highest BCUT2D eigenvalue weighted by Crippen LogP contribution is 2.26. The first-order valence-electron chi connectivity index (χ1n) is 7.13. The van der Waals surface area contributed by atoms with E-state index in [1.165, 1.54) is 5.56 Å². The number of nitrogens with zero attached hydrogens (tertiary/aromatic N) is 4. The van der Waals surface area contributed by atoms with Gasteiger partial charge in [0.2, 0.25) is 0 Å². The third kappa shape index (κ3) is 2.38. The van der Waals surface area contributed by atoms with Gasteiger partial charge in [-0.25, -0.2) is 9.66 Å². The molecular formula is C15H21ClN4. The minimum Gasteiger partial charge on any atom is -0.308 e. The number of alkyl halides is 1. The van der Waals surface area contributed by atoms with Crippen LogP contribution < -0.4 is 5.01 Å². The number of aryl methyl sites for hydroxylation is 1. The Balaban J connectivity index is 2.09. The number of benzene rings is 1. The van der Waals surface area contributed by atoms with E-state index in [2.05, 4.69) is 46.8 Å². The lowest BCUT2D eigenvalue weighted by molar-refractivity contribution is 0.287. The highest BCUT2D eigenvalue weighted by molar-refractivity contribution is 6.20. The van der Waals surface area contributed by atoms with Crippen molar-refractivity contribution in [1.29, 1.82) is 0 Å². The Labute approximate surface area is 124 Å². The molecule has 0 bridgehead atoms. The third-order valence-corrected chi connectivity index (χ3v) is 4.12. The SMILES string of the molecule is Cc1ccc2c(c1)nc(C(C)Cl)n2N1CCN(C)CC1. The molecule has 0 amide bonds. The standard InChI is InChI=1S/C15H21ClN4/c1-11-4-5-14-13(10-11)17-15(12(2)16)20(14)19-8-6-18(3)7-9-19/h4-5,10,12H,6-9H2,1-3H3. The molecule has 0 saturated carbocycles. The molecule has 0 spiro atoms. The van der Waals surface area contributed by atoms with Gasteiger partial charge >= 0.3 is 0 Å². The molecule has 1 aromatic heterocycles. The number of fused-ring (bicyclic) bond motifs is 1. The fourth-order valence-electron chi connectivity index (χ4n) is 2.75. The van der Waals surface area contributed by atoms with Gasteiger partial charge in [-0.1, -0.05) is 6.07 Å². The van der Waals surface area contributed by atoms with E-state index < -0.39 is 0 Å². The van der Waals surface area contributed by atoms with Crippen LogP contribution in [-0.4, -0.2) is 47.8 Å². The molecule has 0 radical (unpaired) electrons. The number of hydrogen-bond acceptors (Lipinski definition) is 3. The molecule has 1 aliphatic rings. The van der Waals surface area contributed by atoms with Crippen molar-refractivity contribution in [3.8, 4) is 0 Å². The maximum Gasteiger partial charge on any atom is 0.146 e. The highest BCUT2D eigenvalue weighted by atomic mass is 35.5. The minimum atomic E-state index is -0.0950. The van der Waals surface area contributed by atoms with Crippen molar-refractivity contribution in [3.63, 3.8) is 0 Å². The van der Waals surface area contributed by atoms with Gasteiger partial charge in [0.15, 0.2) is 0 Å². The number of rotatable bonds is 2. The van der Waals surface area contributed by atoms with Crippen LogP contribution in [0.1, 0.15) is 23.7 Å². The van der Waals surface area contributed by atoms with Gasteiger partial charge in [0.25, 0.3) is 0 Å². The second-order valence-electron chi connectivity index (χ2n) is 5.65. The summed E-state index contributed by atoms with van der Waals surface area (Å²) in [5.74, 6) is 0.941. The Morgan fingerprint density at radius 1 is 1.20 bits per heavy atom. The number of imidazole rings is 1. The molecule has 5 heteroatoms. The molecule has 20 heavy (non-hydrogen) atoms. The zero-order chi connectivity index (χ0) is 14.3. The molecular weight excluding hydrogens is 272 g/mol. The summed E-state index contributed by atoms with van der Waals surface area (Å²) in [5.41, 5.74) is 3.42. The van der Waals surface area contributed by atoms with Gasteiger partial charge in [-0.05, 0) is 38.6 Å². The van der Waals surface area contributed by atoms with Gasteiger partial charge < -0.3 is 9.91 Å². The fraction of sp³-hybridized carbons (Fsp3) is 0.533. The maximum absolute atomic E-state index is 6.35. The zero-order valence-corrected chi connectivity index (χ0v) is 13.1. The number of piperazine rings is 1. The van der Waals surface area contributed by atoms with Crippen LogP contribution in [0, 0.1) is 6.92 Å². The smallest absolute Gasteiger partial charge is 0.146 e. The van der Waals surface area contributed by atoms with E-state index >= 15 is 0 Å². The van der Waals surface area contributed by atoms with E-state index in [1.807, 2.05) is 6.92 Å². The van der Waals surface area contributed by atoms with Crippen LogP contribution in [0.3, 0.4) is 0 Å². The van der Waals surface area contributed by atoms with Crippen LogP contribution in [0.25, 0.3) is 11.0 Å². The lowest BCUT2D eigenvalue weighted by Gasteiger charge is -2.35. The Morgan fingerprint density at radius 3 is 2.55 bits per heavy atom. The van der Waals surface area contributed by atoms with E-state index in [4.69, 9.17) is 16.6 Å². The largest absolute Gasteiger partial charge is 0.308 e. The van der Waals surface area contributed by atoms with Crippen molar-refractivity contribution in [1.82, 2.24) is 14.6 Å². The number of hydrogen-bond donors (Lipinski definition) is 0. The van der Waals surface area contributed by atoms with Gasteiger partial charge in [0.05, 0.1) is 16.4 Å². The molecule has 1 atom stereocenters. The lowest BCUT2D eigenvalue weighted by Crippen LogP contribution is -2.50. The molecule has 0 N–H and O–H groups in total.